The van der Waals surface area contributed by atoms with Gasteiger partial charge in [0.05, 0.1) is 5.52 Å². The van der Waals surface area contributed by atoms with Gasteiger partial charge in [-0.1, -0.05) is 0 Å². The van der Waals surface area contributed by atoms with Gasteiger partial charge in [0.1, 0.15) is 11.6 Å². The Bertz CT molecular complexity index is 923. The zero-order chi connectivity index (χ0) is 17.5. The number of nitrogens with zero attached hydrogens (tertiary/aromatic N) is 3. The maximum Gasteiger partial charge on any atom is 0.153 e. The first-order chi connectivity index (χ1) is 12.7. The molecule has 2 aliphatic rings. The number of hydrogen-bond acceptors (Lipinski definition) is 6. The molecule has 4 N–H and O–H groups in total. The van der Waals surface area contributed by atoms with Crippen LogP contribution in [0.5, 0.6) is 0 Å². The summed E-state index contributed by atoms with van der Waals surface area (Å²) in [5.74, 6) is 2.41. The molecule has 0 aromatic carbocycles. The molecule has 3 atom stereocenters. The molecule has 5 heterocycles. The fraction of sp³-hybridized carbons (Fsp3) is 0.421. The molecule has 3 aromatic heterocycles. The molecular weight excluding hydrogens is 326 g/mol. The summed E-state index contributed by atoms with van der Waals surface area (Å²) in [4.78, 5) is 9.36. The lowest BCUT2D eigenvalue weighted by Gasteiger charge is -2.30. The molecule has 0 radical (unpaired) electrons. The van der Waals surface area contributed by atoms with E-state index in [1.165, 1.54) is 12.8 Å². The van der Waals surface area contributed by atoms with Crippen LogP contribution in [-0.4, -0.2) is 38.3 Å². The quantitative estimate of drug-likeness (QED) is 0.579. The van der Waals surface area contributed by atoms with Gasteiger partial charge in [-0.25, -0.2) is 4.98 Å². The summed E-state index contributed by atoms with van der Waals surface area (Å²) in [5, 5.41) is 18.9. The van der Waals surface area contributed by atoms with Gasteiger partial charge in [-0.05, 0) is 44.7 Å². The molecule has 2 bridgehead atoms. The minimum atomic E-state index is 0.451. The summed E-state index contributed by atoms with van der Waals surface area (Å²) in [6.07, 6.45) is 6.70. The van der Waals surface area contributed by atoms with Crippen molar-refractivity contribution in [2.75, 3.05) is 10.6 Å². The topological polar surface area (TPSA) is 90.6 Å². The molecule has 2 fully saturated rings. The van der Waals surface area contributed by atoms with E-state index in [2.05, 4.69) is 37.2 Å². The molecule has 3 aromatic rings. The van der Waals surface area contributed by atoms with Crippen LogP contribution in [0.15, 0.2) is 30.5 Å². The van der Waals surface area contributed by atoms with Crippen LogP contribution in [-0.2, 0) is 0 Å². The average Bonchev–Trinajstić information content (AvgIpc) is 3.19. The van der Waals surface area contributed by atoms with Crippen molar-refractivity contribution in [3.05, 3.63) is 36.2 Å². The number of aryl methyl sites for hydroxylation is 1. The second-order valence-corrected chi connectivity index (χ2v) is 7.44. The molecule has 2 aliphatic heterocycles. The second-order valence-electron chi connectivity index (χ2n) is 7.44. The lowest BCUT2D eigenvalue weighted by atomic mass is 9.99. The van der Waals surface area contributed by atoms with E-state index in [1.807, 2.05) is 31.3 Å². The molecule has 134 valence electrons. The second kappa shape index (κ2) is 6.25. The lowest BCUT2D eigenvalue weighted by molar-refractivity contribution is 0.378. The minimum absolute atomic E-state index is 0.451. The first-order valence-corrected chi connectivity index (χ1v) is 9.30. The zero-order valence-electron chi connectivity index (χ0n) is 14.8. The molecule has 2 unspecified atom stereocenters. The van der Waals surface area contributed by atoms with Gasteiger partial charge in [0.25, 0.3) is 0 Å². The van der Waals surface area contributed by atoms with E-state index in [-0.39, 0.29) is 0 Å². The van der Waals surface area contributed by atoms with Crippen molar-refractivity contribution in [3.63, 3.8) is 0 Å². The van der Waals surface area contributed by atoms with E-state index in [0.717, 1.165) is 46.9 Å². The Balaban J connectivity index is 1.46. The van der Waals surface area contributed by atoms with E-state index >= 15 is 0 Å². The van der Waals surface area contributed by atoms with Gasteiger partial charge < -0.3 is 16.0 Å². The number of piperidine rings is 1. The Kier molecular flexibility index (Phi) is 3.74. The first-order valence-electron chi connectivity index (χ1n) is 9.30. The van der Waals surface area contributed by atoms with Crippen molar-refractivity contribution in [2.45, 2.75) is 50.7 Å². The molecule has 7 heteroatoms. The van der Waals surface area contributed by atoms with Crippen molar-refractivity contribution in [3.8, 4) is 0 Å². The Hall–Kier alpha value is -2.67. The van der Waals surface area contributed by atoms with Gasteiger partial charge >= 0.3 is 0 Å². The zero-order valence-corrected chi connectivity index (χ0v) is 14.8. The third-order valence-corrected chi connectivity index (χ3v) is 5.38. The Morgan fingerprint density at radius 2 is 1.96 bits per heavy atom. The summed E-state index contributed by atoms with van der Waals surface area (Å²) in [6.45, 7) is 1.98. The van der Waals surface area contributed by atoms with E-state index in [0.29, 0.717) is 18.1 Å². The maximum absolute atomic E-state index is 4.83. The average molecular weight is 349 g/mol. The van der Waals surface area contributed by atoms with Gasteiger partial charge in [0.2, 0.25) is 0 Å². The number of hydrogen-bond donors (Lipinski definition) is 4. The number of aromatic nitrogens is 4. The molecule has 2 saturated heterocycles. The van der Waals surface area contributed by atoms with E-state index in [1.54, 1.807) is 0 Å². The first kappa shape index (κ1) is 15.6. The number of rotatable bonds is 4. The third-order valence-electron chi connectivity index (χ3n) is 5.38. The SMILES string of the molecule is Cc1cc(Nc2cc3ncccc3c(NC3CC4CC[C@@H](C3)N4)n2)n[nH]1. The number of fused-ring (bicyclic) bond motifs is 3. The highest BCUT2D eigenvalue weighted by Crippen LogP contribution is 2.31. The van der Waals surface area contributed by atoms with Crippen molar-refractivity contribution in [1.29, 1.82) is 0 Å². The normalized spacial score (nSPS) is 24.7. The van der Waals surface area contributed by atoms with Gasteiger partial charge in [-0.15, -0.1) is 0 Å². The number of aromatic amines is 1. The number of H-pyrrole nitrogens is 1. The van der Waals surface area contributed by atoms with E-state index in [9.17, 15) is 0 Å². The molecule has 0 saturated carbocycles. The van der Waals surface area contributed by atoms with Crippen LogP contribution in [0.4, 0.5) is 17.5 Å². The van der Waals surface area contributed by atoms with Crippen LogP contribution < -0.4 is 16.0 Å². The molecule has 7 nitrogen and oxygen atoms in total. The largest absolute Gasteiger partial charge is 0.367 e. The molecule has 0 aliphatic carbocycles. The Morgan fingerprint density at radius 3 is 2.73 bits per heavy atom. The van der Waals surface area contributed by atoms with Crippen LogP contribution in [0.1, 0.15) is 31.4 Å². The number of nitrogens with one attached hydrogen (secondary N) is 4. The highest BCUT2D eigenvalue weighted by molar-refractivity contribution is 5.91. The van der Waals surface area contributed by atoms with E-state index in [4.69, 9.17) is 4.98 Å². The summed E-state index contributed by atoms with van der Waals surface area (Å²) in [5.41, 5.74) is 1.94. The Morgan fingerprint density at radius 1 is 1.12 bits per heavy atom. The van der Waals surface area contributed by atoms with Crippen molar-refractivity contribution >= 4 is 28.4 Å². The molecule has 0 amide bonds. The molecule has 5 rings (SSSR count). The fourth-order valence-electron chi connectivity index (χ4n) is 4.23. The van der Waals surface area contributed by atoms with Crippen LogP contribution in [0.25, 0.3) is 10.9 Å². The minimum Gasteiger partial charge on any atom is -0.367 e. The summed E-state index contributed by atoms with van der Waals surface area (Å²) in [6, 6.07) is 9.71. The predicted octanol–water partition coefficient (Wildman–Crippen LogP) is 3.10. The van der Waals surface area contributed by atoms with Crippen LogP contribution >= 0.6 is 0 Å². The smallest absolute Gasteiger partial charge is 0.153 e. The van der Waals surface area contributed by atoms with Crippen LogP contribution in [0.3, 0.4) is 0 Å². The third kappa shape index (κ3) is 2.99. The van der Waals surface area contributed by atoms with E-state index < -0.39 is 0 Å². The Labute approximate surface area is 152 Å². The number of anilines is 3. The standard InChI is InChI=1S/C19H23N7/c1-11-7-18(26-25-11)23-17-10-16-15(3-2-6-20-16)19(24-17)22-14-8-12-4-5-13(9-14)21-12/h2-3,6-7,10,12-14,21H,4-5,8-9H2,1H3,(H3,22,23,24,25,26)/t12-,13?,14?/m0/s1. The summed E-state index contributed by atoms with van der Waals surface area (Å²) < 4.78 is 0. The maximum atomic E-state index is 4.83. The van der Waals surface area contributed by atoms with Crippen LogP contribution in [0, 0.1) is 6.92 Å². The van der Waals surface area contributed by atoms with Crippen LogP contribution in [0.2, 0.25) is 0 Å². The van der Waals surface area contributed by atoms with Crippen molar-refractivity contribution < 1.29 is 0 Å². The van der Waals surface area contributed by atoms with Gasteiger partial charge in [-0.3, -0.25) is 10.1 Å². The monoisotopic (exact) mass is 349 g/mol. The van der Waals surface area contributed by atoms with Gasteiger partial charge in [-0.2, -0.15) is 5.10 Å². The summed E-state index contributed by atoms with van der Waals surface area (Å²) >= 11 is 0. The van der Waals surface area contributed by atoms with Gasteiger partial charge in [0, 0.05) is 47.5 Å². The molecule has 26 heavy (non-hydrogen) atoms. The highest BCUT2D eigenvalue weighted by Gasteiger charge is 2.33. The molecular formula is C19H23N7. The highest BCUT2D eigenvalue weighted by atomic mass is 15.2. The fourth-order valence-corrected chi connectivity index (χ4v) is 4.23. The van der Waals surface area contributed by atoms with Crippen molar-refractivity contribution in [2.24, 2.45) is 0 Å². The molecule has 0 spiro atoms. The van der Waals surface area contributed by atoms with Crippen molar-refractivity contribution in [1.82, 2.24) is 25.5 Å². The number of pyridine rings is 2. The summed E-state index contributed by atoms with van der Waals surface area (Å²) in [7, 11) is 0. The predicted molar refractivity (Wildman–Crippen MR) is 103 cm³/mol. The van der Waals surface area contributed by atoms with Gasteiger partial charge in [0.15, 0.2) is 5.82 Å². The lowest BCUT2D eigenvalue weighted by Crippen LogP contribution is -2.43.